The predicted octanol–water partition coefficient (Wildman–Crippen LogP) is 3.52. The van der Waals surface area contributed by atoms with Crippen LogP contribution in [0.15, 0.2) is 69.6 Å². The molecule has 2 amide bonds. The van der Waals surface area contributed by atoms with E-state index in [0.29, 0.717) is 17.1 Å². The Morgan fingerprint density at radius 2 is 2.07 bits per heavy atom. The molecule has 6 nitrogen and oxygen atoms in total. The highest BCUT2D eigenvalue weighted by molar-refractivity contribution is 7.12. The van der Waals surface area contributed by atoms with Crippen LogP contribution in [0.2, 0.25) is 0 Å². The largest absolute Gasteiger partial charge is 0.467 e. The summed E-state index contributed by atoms with van der Waals surface area (Å²) in [5.74, 6) is 0.253. The highest BCUT2D eigenvalue weighted by Gasteiger charge is 2.26. The van der Waals surface area contributed by atoms with Crippen LogP contribution in [0.25, 0.3) is 0 Å². The summed E-state index contributed by atoms with van der Waals surface area (Å²) in [7, 11) is 0. The number of hydrogen-bond acceptors (Lipinski definition) is 5. The Morgan fingerprint density at radius 3 is 2.85 bits per heavy atom. The van der Waals surface area contributed by atoms with Crippen LogP contribution in [0, 0.1) is 0 Å². The van der Waals surface area contributed by atoms with E-state index in [1.54, 1.807) is 29.7 Å². The number of carbonyl (C=O) groups is 2. The summed E-state index contributed by atoms with van der Waals surface area (Å²) in [6.07, 6.45) is 1.71. The molecule has 0 spiro atoms. The Bertz CT molecular complexity index is 978. The molecule has 1 aromatic carbocycles. The third kappa shape index (κ3) is 3.83. The lowest BCUT2D eigenvalue weighted by Gasteiger charge is -2.21. The van der Waals surface area contributed by atoms with Crippen molar-refractivity contribution in [2.24, 2.45) is 4.99 Å². The van der Waals surface area contributed by atoms with Gasteiger partial charge in [-0.2, -0.15) is 0 Å². The fourth-order valence-corrected chi connectivity index (χ4v) is 3.62. The van der Waals surface area contributed by atoms with Crippen LogP contribution < -0.4 is 10.2 Å². The molecule has 3 heterocycles. The van der Waals surface area contributed by atoms with Gasteiger partial charge in [0.25, 0.3) is 0 Å². The molecule has 7 heteroatoms. The molecule has 27 heavy (non-hydrogen) atoms. The van der Waals surface area contributed by atoms with Crippen molar-refractivity contribution in [3.05, 3.63) is 70.8 Å². The van der Waals surface area contributed by atoms with Gasteiger partial charge >= 0.3 is 0 Å². The number of anilines is 1. The zero-order chi connectivity index (χ0) is 18.6. The van der Waals surface area contributed by atoms with Crippen LogP contribution in [0.4, 0.5) is 11.4 Å². The number of carbonyl (C=O) groups excluding carboxylic acids is 2. The van der Waals surface area contributed by atoms with E-state index in [4.69, 9.17) is 9.41 Å². The molecular weight excluding hydrogens is 362 g/mol. The Balaban J connectivity index is 1.55. The molecule has 0 fully saturated rings. The molecule has 0 atom stereocenters. The number of aliphatic imine (C=N–C) groups is 1. The number of fused-ring (bicyclic) bond motifs is 1. The first kappa shape index (κ1) is 17.2. The molecule has 4 rings (SSSR count). The summed E-state index contributed by atoms with van der Waals surface area (Å²) in [4.78, 5) is 32.5. The predicted molar refractivity (Wildman–Crippen MR) is 104 cm³/mol. The SMILES string of the molecule is O=C(CN1C(=O)CC(c2cccs2)=Nc2ccccc21)NCc1ccco1. The quantitative estimate of drug-likeness (QED) is 0.737. The maximum Gasteiger partial charge on any atom is 0.240 e. The van der Waals surface area contributed by atoms with Gasteiger partial charge in [0, 0.05) is 4.88 Å². The second kappa shape index (κ2) is 7.59. The molecule has 2 aromatic heterocycles. The summed E-state index contributed by atoms with van der Waals surface area (Å²) >= 11 is 1.55. The number of nitrogens with zero attached hydrogens (tertiary/aromatic N) is 2. The number of nitrogens with one attached hydrogen (secondary N) is 1. The molecule has 136 valence electrons. The molecule has 0 radical (unpaired) electrons. The standard InChI is InChI=1S/C20H17N3O3S/c24-19(21-12-14-5-3-9-26-14)13-23-17-7-2-1-6-15(17)22-16(11-20(23)25)18-8-4-10-27-18/h1-10H,11-13H2,(H,21,24). The summed E-state index contributed by atoms with van der Waals surface area (Å²) in [6.45, 7) is 0.219. The van der Waals surface area contributed by atoms with Crippen LogP contribution in [-0.4, -0.2) is 24.1 Å². The van der Waals surface area contributed by atoms with E-state index in [2.05, 4.69) is 5.32 Å². The lowest BCUT2D eigenvalue weighted by molar-refractivity contribution is -0.123. The lowest BCUT2D eigenvalue weighted by atomic mass is 10.2. The van der Waals surface area contributed by atoms with Gasteiger partial charge in [-0.3, -0.25) is 9.59 Å². The van der Waals surface area contributed by atoms with Gasteiger partial charge in [-0.1, -0.05) is 18.2 Å². The van der Waals surface area contributed by atoms with Crippen molar-refractivity contribution in [3.8, 4) is 0 Å². The minimum Gasteiger partial charge on any atom is -0.467 e. The number of hydrogen-bond donors (Lipinski definition) is 1. The topological polar surface area (TPSA) is 74.9 Å². The fourth-order valence-electron chi connectivity index (χ4n) is 2.90. The molecule has 0 aliphatic carbocycles. The lowest BCUT2D eigenvalue weighted by Crippen LogP contribution is -2.40. The number of benzene rings is 1. The summed E-state index contributed by atoms with van der Waals surface area (Å²) in [6, 6.07) is 14.8. The Labute approximate surface area is 160 Å². The van der Waals surface area contributed by atoms with Crippen LogP contribution in [0.1, 0.15) is 17.1 Å². The van der Waals surface area contributed by atoms with Crippen LogP contribution in [0.3, 0.4) is 0 Å². The molecule has 1 aliphatic rings. The minimum atomic E-state index is -0.255. The maximum absolute atomic E-state index is 12.9. The second-order valence-corrected chi connectivity index (χ2v) is 6.98. The van der Waals surface area contributed by atoms with Gasteiger partial charge in [0.1, 0.15) is 12.3 Å². The Morgan fingerprint density at radius 1 is 1.19 bits per heavy atom. The fraction of sp³-hybridized carbons (Fsp3) is 0.150. The average molecular weight is 379 g/mol. The van der Waals surface area contributed by atoms with E-state index in [1.165, 1.54) is 4.90 Å². The van der Waals surface area contributed by atoms with Gasteiger partial charge in [0.2, 0.25) is 11.8 Å². The molecule has 1 N–H and O–H groups in total. The van der Waals surface area contributed by atoms with E-state index >= 15 is 0 Å². The number of para-hydroxylation sites is 2. The molecule has 0 saturated carbocycles. The van der Waals surface area contributed by atoms with E-state index in [0.717, 1.165) is 10.6 Å². The smallest absolute Gasteiger partial charge is 0.240 e. The molecule has 0 bridgehead atoms. The van der Waals surface area contributed by atoms with Crippen molar-refractivity contribution in [1.29, 1.82) is 0 Å². The number of amides is 2. The van der Waals surface area contributed by atoms with Crippen molar-refractivity contribution in [3.63, 3.8) is 0 Å². The van der Waals surface area contributed by atoms with Gasteiger partial charge < -0.3 is 14.6 Å². The van der Waals surface area contributed by atoms with E-state index in [1.807, 2.05) is 41.8 Å². The molecule has 3 aromatic rings. The number of rotatable bonds is 5. The monoisotopic (exact) mass is 379 g/mol. The van der Waals surface area contributed by atoms with Gasteiger partial charge in [0.05, 0.1) is 36.3 Å². The van der Waals surface area contributed by atoms with Crippen LogP contribution in [-0.2, 0) is 16.1 Å². The minimum absolute atomic E-state index is 0.0657. The third-order valence-corrected chi connectivity index (χ3v) is 5.11. The average Bonchev–Trinajstić information content (AvgIpc) is 3.36. The number of thiophene rings is 1. The summed E-state index contributed by atoms with van der Waals surface area (Å²) < 4.78 is 5.21. The van der Waals surface area contributed by atoms with E-state index in [-0.39, 0.29) is 31.3 Å². The first-order valence-electron chi connectivity index (χ1n) is 8.50. The normalized spacial score (nSPS) is 13.7. The summed E-state index contributed by atoms with van der Waals surface area (Å²) in [5.41, 5.74) is 2.05. The Hall–Kier alpha value is -3.19. The van der Waals surface area contributed by atoms with Crippen molar-refractivity contribution in [2.75, 3.05) is 11.4 Å². The van der Waals surface area contributed by atoms with Gasteiger partial charge in [-0.15, -0.1) is 11.3 Å². The molecular formula is C20H17N3O3S. The number of furan rings is 1. The zero-order valence-electron chi connectivity index (χ0n) is 14.4. The highest BCUT2D eigenvalue weighted by atomic mass is 32.1. The van der Waals surface area contributed by atoms with Gasteiger partial charge in [-0.05, 0) is 35.7 Å². The molecule has 0 unspecified atom stereocenters. The van der Waals surface area contributed by atoms with Crippen LogP contribution in [0.5, 0.6) is 0 Å². The van der Waals surface area contributed by atoms with Crippen molar-refractivity contribution < 1.29 is 14.0 Å². The zero-order valence-corrected chi connectivity index (χ0v) is 15.2. The van der Waals surface area contributed by atoms with Gasteiger partial charge in [0.15, 0.2) is 0 Å². The first-order chi connectivity index (χ1) is 13.2. The van der Waals surface area contributed by atoms with Crippen LogP contribution >= 0.6 is 11.3 Å². The second-order valence-electron chi connectivity index (χ2n) is 6.04. The summed E-state index contributed by atoms with van der Waals surface area (Å²) in [5, 5.41) is 4.74. The maximum atomic E-state index is 12.9. The van der Waals surface area contributed by atoms with Gasteiger partial charge in [-0.25, -0.2) is 4.99 Å². The highest BCUT2D eigenvalue weighted by Crippen LogP contribution is 2.33. The van der Waals surface area contributed by atoms with Crippen molar-refractivity contribution in [2.45, 2.75) is 13.0 Å². The molecule has 1 aliphatic heterocycles. The van der Waals surface area contributed by atoms with E-state index < -0.39 is 0 Å². The Kier molecular flexibility index (Phi) is 4.84. The van der Waals surface area contributed by atoms with Crippen molar-refractivity contribution in [1.82, 2.24) is 5.32 Å². The molecule has 0 saturated heterocycles. The third-order valence-electron chi connectivity index (χ3n) is 4.19. The first-order valence-corrected chi connectivity index (χ1v) is 9.38. The van der Waals surface area contributed by atoms with Crippen molar-refractivity contribution >= 4 is 40.2 Å². The van der Waals surface area contributed by atoms with E-state index in [9.17, 15) is 9.59 Å².